The van der Waals surface area contributed by atoms with Crippen molar-refractivity contribution in [3.8, 4) is 0 Å². The van der Waals surface area contributed by atoms with Crippen LogP contribution in [0.5, 0.6) is 0 Å². The maximum atomic E-state index is 10.1. The smallest absolute Gasteiger partial charge is 0.0799 e. The number of nitrogens with two attached hydrogens (primary N) is 1. The fourth-order valence-electron chi connectivity index (χ4n) is 3.71. The monoisotopic (exact) mass is 571 g/mol. The highest BCUT2D eigenvalue weighted by atomic mass is 16.5. The van der Waals surface area contributed by atoms with E-state index in [9.17, 15) is 10.2 Å². The molecule has 0 aliphatic rings. The molecular formula is C32H65N3O5. The summed E-state index contributed by atoms with van der Waals surface area (Å²) in [5.41, 5.74) is 3.19. The number of hydrogen-bond acceptors (Lipinski definition) is 8. The molecule has 40 heavy (non-hydrogen) atoms. The van der Waals surface area contributed by atoms with E-state index in [2.05, 4.69) is 20.8 Å². The third-order valence-electron chi connectivity index (χ3n) is 7.78. The average Bonchev–Trinajstić information content (AvgIpc) is 2.69. The summed E-state index contributed by atoms with van der Waals surface area (Å²) >= 11 is 0. The third-order valence-corrected chi connectivity index (χ3v) is 7.78. The SMILES string of the molecule is CCC(C)(CC(=N)/C(CC(C)(C)OCCC(C)(C)O)=N/C(C)(C)CCOC(C)(C)C(C)(C)N)OCCC(C)(C)O. The summed E-state index contributed by atoms with van der Waals surface area (Å²) in [7, 11) is 0. The van der Waals surface area contributed by atoms with E-state index in [0.717, 1.165) is 6.42 Å². The number of nitrogens with zero attached hydrogens (tertiary/aromatic N) is 1. The number of hydrogen-bond donors (Lipinski definition) is 4. The Morgan fingerprint density at radius 3 is 1.57 bits per heavy atom. The lowest BCUT2D eigenvalue weighted by atomic mass is 9.86. The topological polar surface area (TPSA) is 130 Å². The quantitative estimate of drug-likeness (QED) is 0.128. The molecule has 0 radical (unpaired) electrons. The second-order valence-electron chi connectivity index (χ2n) is 15.4. The lowest BCUT2D eigenvalue weighted by Crippen LogP contribution is -2.54. The zero-order valence-corrected chi connectivity index (χ0v) is 28.5. The average molecular weight is 572 g/mol. The van der Waals surface area contributed by atoms with Crippen LogP contribution in [0.3, 0.4) is 0 Å². The predicted octanol–water partition coefficient (Wildman–Crippen LogP) is 6.23. The van der Waals surface area contributed by atoms with Gasteiger partial charge in [0, 0.05) is 25.0 Å². The molecule has 0 aromatic heterocycles. The molecule has 1 unspecified atom stereocenters. The van der Waals surface area contributed by atoms with Gasteiger partial charge in [-0.05, 0) is 116 Å². The van der Waals surface area contributed by atoms with Crippen LogP contribution in [0.1, 0.15) is 135 Å². The minimum atomic E-state index is -0.809. The van der Waals surface area contributed by atoms with Gasteiger partial charge in [0.05, 0.1) is 58.2 Å². The lowest BCUT2D eigenvalue weighted by molar-refractivity contribution is -0.0661. The van der Waals surface area contributed by atoms with Crippen LogP contribution in [0.25, 0.3) is 0 Å². The van der Waals surface area contributed by atoms with Crippen LogP contribution in [0.15, 0.2) is 4.99 Å². The fourth-order valence-corrected chi connectivity index (χ4v) is 3.71. The molecule has 0 aromatic carbocycles. The van der Waals surface area contributed by atoms with Gasteiger partial charge in [0.1, 0.15) is 0 Å². The number of aliphatic hydroxyl groups is 2. The van der Waals surface area contributed by atoms with Gasteiger partial charge in [0.25, 0.3) is 0 Å². The van der Waals surface area contributed by atoms with Crippen LogP contribution in [-0.4, -0.2) is 80.5 Å². The highest BCUT2D eigenvalue weighted by Crippen LogP contribution is 2.28. The largest absolute Gasteiger partial charge is 0.390 e. The molecule has 0 aliphatic heterocycles. The second kappa shape index (κ2) is 14.5. The van der Waals surface area contributed by atoms with Crippen LogP contribution in [0, 0.1) is 5.41 Å². The Balaban J connectivity index is 5.91. The number of nitrogens with one attached hydrogen (secondary N) is 1. The van der Waals surface area contributed by atoms with Gasteiger partial charge in [-0.1, -0.05) is 6.92 Å². The van der Waals surface area contributed by atoms with E-state index < -0.39 is 39.1 Å². The van der Waals surface area contributed by atoms with E-state index in [-0.39, 0.29) is 0 Å². The molecular weight excluding hydrogens is 506 g/mol. The van der Waals surface area contributed by atoms with E-state index in [1.165, 1.54) is 0 Å². The Hall–Kier alpha value is -0.900. The minimum absolute atomic E-state index is 0.398. The van der Waals surface area contributed by atoms with Gasteiger partial charge >= 0.3 is 0 Å². The molecule has 8 nitrogen and oxygen atoms in total. The Bertz CT molecular complexity index is 814. The van der Waals surface area contributed by atoms with Crippen LogP contribution in [0.2, 0.25) is 0 Å². The van der Waals surface area contributed by atoms with Gasteiger partial charge in [-0.3, -0.25) is 4.99 Å². The van der Waals surface area contributed by atoms with Gasteiger partial charge in [-0.15, -0.1) is 0 Å². The summed E-state index contributed by atoms with van der Waals surface area (Å²) in [6.45, 7) is 28.5. The number of ether oxygens (including phenoxy) is 3. The molecule has 0 rings (SSSR count). The summed E-state index contributed by atoms with van der Waals surface area (Å²) in [6, 6.07) is 0. The minimum Gasteiger partial charge on any atom is -0.390 e. The summed E-state index contributed by atoms with van der Waals surface area (Å²) in [5.74, 6) is 0. The van der Waals surface area contributed by atoms with Crippen molar-refractivity contribution < 1.29 is 24.4 Å². The first-order valence-corrected chi connectivity index (χ1v) is 14.9. The van der Waals surface area contributed by atoms with Crippen LogP contribution in [0.4, 0.5) is 0 Å². The van der Waals surface area contributed by atoms with Crippen LogP contribution < -0.4 is 5.73 Å². The first kappa shape index (κ1) is 39.1. The third kappa shape index (κ3) is 16.5. The van der Waals surface area contributed by atoms with Gasteiger partial charge < -0.3 is 35.6 Å². The lowest BCUT2D eigenvalue weighted by Gasteiger charge is -2.39. The highest BCUT2D eigenvalue weighted by Gasteiger charge is 2.35. The molecule has 238 valence electrons. The molecule has 0 saturated carbocycles. The van der Waals surface area contributed by atoms with Gasteiger partial charge in [0.2, 0.25) is 0 Å². The Morgan fingerprint density at radius 1 is 0.700 bits per heavy atom. The zero-order chi connectivity index (χ0) is 31.8. The first-order chi connectivity index (χ1) is 17.6. The summed E-state index contributed by atoms with van der Waals surface area (Å²) < 4.78 is 18.6. The summed E-state index contributed by atoms with van der Waals surface area (Å²) in [5, 5.41) is 29.4. The van der Waals surface area contributed by atoms with E-state index in [4.69, 9.17) is 30.3 Å². The summed E-state index contributed by atoms with van der Waals surface area (Å²) in [6.07, 6.45) is 3.26. The van der Waals surface area contributed by atoms with Crippen molar-refractivity contribution in [1.29, 1.82) is 5.41 Å². The highest BCUT2D eigenvalue weighted by molar-refractivity contribution is 6.41. The number of aliphatic imine (C=N–C) groups is 1. The number of rotatable bonds is 20. The maximum Gasteiger partial charge on any atom is 0.0799 e. The molecule has 0 amide bonds. The molecule has 5 N–H and O–H groups in total. The summed E-state index contributed by atoms with van der Waals surface area (Å²) in [4.78, 5) is 5.13. The molecule has 8 heteroatoms. The standard InChI is InChI=1S/C32H65N3O5/c1-15-32(14,40-21-18-28(6,7)37)22-24(33)25(23-29(8,9)38-20-17-27(4,5)36)35-26(2,3)16-19-39-31(12,13)30(10,11)34/h33,36-37H,15-23,34H2,1-14H3/b33-24?,35-25+. The van der Waals surface area contributed by atoms with Crippen molar-refractivity contribution in [2.24, 2.45) is 10.7 Å². The molecule has 0 saturated heterocycles. The molecule has 0 aromatic rings. The van der Waals surface area contributed by atoms with Crippen molar-refractivity contribution in [3.05, 3.63) is 0 Å². The van der Waals surface area contributed by atoms with E-state index in [1.807, 2.05) is 48.5 Å². The Labute approximate surface area is 246 Å². The van der Waals surface area contributed by atoms with Gasteiger partial charge in [0.15, 0.2) is 0 Å². The van der Waals surface area contributed by atoms with Gasteiger partial charge in [-0.2, -0.15) is 0 Å². The molecule has 0 heterocycles. The maximum absolute atomic E-state index is 10.1. The molecule has 0 bridgehead atoms. The molecule has 0 aliphatic carbocycles. The van der Waals surface area contributed by atoms with E-state index >= 15 is 0 Å². The first-order valence-electron chi connectivity index (χ1n) is 14.9. The van der Waals surface area contributed by atoms with Gasteiger partial charge in [-0.25, -0.2) is 0 Å². The molecule has 0 spiro atoms. The van der Waals surface area contributed by atoms with Crippen molar-refractivity contribution >= 4 is 11.4 Å². The predicted molar refractivity (Wildman–Crippen MR) is 168 cm³/mol. The molecule has 0 fully saturated rings. The zero-order valence-electron chi connectivity index (χ0n) is 28.5. The Morgan fingerprint density at radius 2 is 1.15 bits per heavy atom. The van der Waals surface area contributed by atoms with Crippen molar-refractivity contribution in [3.63, 3.8) is 0 Å². The fraction of sp³-hybridized carbons (Fsp3) is 0.938. The van der Waals surface area contributed by atoms with Crippen LogP contribution in [-0.2, 0) is 14.2 Å². The van der Waals surface area contributed by atoms with Crippen molar-refractivity contribution in [1.82, 2.24) is 0 Å². The van der Waals surface area contributed by atoms with Crippen molar-refractivity contribution in [2.45, 2.75) is 175 Å². The molecule has 1 atom stereocenters. The normalized spacial score (nSPS) is 16.3. The van der Waals surface area contributed by atoms with E-state index in [1.54, 1.807) is 27.7 Å². The van der Waals surface area contributed by atoms with Crippen LogP contribution >= 0.6 is 0 Å². The van der Waals surface area contributed by atoms with Crippen molar-refractivity contribution in [2.75, 3.05) is 19.8 Å². The second-order valence-corrected chi connectivity index (χ2v) is 15.4. The van der Waals surface area contributed by atoms with E-state index in [0.29, 0.717) is 63.3 Å². The Kier molecular flexibility index (Phi) is 14.2.